The predicted octanol–water partition coefficient (Wildman–Crippen LogP) is -0.198. The van der Waals surface area contributed by atoms with Crippen LogP contribution in [-0.4, -0.2) is 11.0 Å². The van der Waals surface area contributed by atoms with Gasteiger partial charge in [0, 0.05) is 5.56 Å². The summed E-state index contributed by atoms with van der Waals surface area (Å²) in [6.07, 6.45) is 0. The molecule has 0 radical (unpaired) electrons. The van der Waals surface area contributed by atoms with Crippen molar-refractivity contribution in [2.24, 2.45) is 5.73 Å². The zero-order valence-corrected chi connectivity index (χ0v) is 8.10. The molecule has 2 rings (SSSR count). The molecule has 1 aromatic carbocycles. The van der Waals surface area contributed by atoms with Gasteiger partial charge < -0.3 is 5.32 Å². The second kappa shape index (κ2) is 3.04. The molecule has 1 amide bonds. The molecule has 1 saturated heterocycles. The summed E-state index contributed by atoms with van der Waals surface area (Å²) >= 11 is 4.82. The molecule has 0 bridgehead atoms. The van der Waals surface area contributed by atoms with Crippen LogP contribution in [0.3, 0.4) is 0 Å². The van der Waals surface area contributed by atoms with Gasteiger partial charge in [0.25, 0.3) is 5.91 Å². The molecule has 1 aromatic rings. The van der Waals surface area contributed by atoms with Gasteiger partial charge in [-0.2, -0.15) is 0 Å². The van der Waals surface area contributed by atoms with E-state index in [0.29, 0.717) is 5.56 Å². The third kappa shape index (κ3) is 1.26. The summed E-state index contributed by atoms with van der Waals surface area (Å²) in [4.78, 5) is 11.5. The Hall–Kier alpha value is -1.46. The van der Waals surface area contributed by atoms with Crippen LogP contribution in [0.5, 0.6) is 0 Å². The lowest BCUT2D eigenvalue weighted by Crippen LogP contribution is -2.52. The average molecular weight is 207 g/mol. The first kappa shape index (κ1) is 9.11. The first-order valence-corrected chi connectivity index (χ1v) is 4.52. The molecular formula is C9H9N3OS. The highest BCUT2D eigenvalue weighted by atomic mass is 32.1. The summed E-state index contributed by atoms with van der Waals surface area (Å²) in [6.45, 7) is 0. The molecule has 0 aromatic heterocycles. The number of nitrogens with one attached hydrogen (secondary N) is 2. The van der Waals surface area contributed by atoms with E-state index >= 15 is 0 Å². The lowest BCUT2D eigenvalue weighted by Gasteiger charge is -2.20. The molecular weight excluding hydrogens is 198 g/mol. The topological polar surface area (TPSA) is 67.2 Å². The van der Waals surface area contributed by atoms with Crippen molar-refractivity contribution in [2.45, 2.75) is 5.66 Å². The molecule has 72 valence electrons. The second-order valence-electron chi connectivity index (χ2n) is 3.08. The Kier molecular flexibility index (Phi) is 1.98. The van der Waals surface area contributed by atoms with Crippen LogP contribution in [0.4, 0.5) is 0 Å². The molecule has 1 atom stereocenters. The van der Waals surface area contributed by atoms with E-state index < -0.39 is 5.66 Å². The van der Waals surface area contributed by atoms with Crippen molar-refractivity contribution in [3.8, 4) is 0 Å². The monoisotopic (exact) mass is 207 g/mol. The Labute approximate surface area is 86.5 Å². The molecule has 14 heavy (non-hydrogen) atoms. The van der Waals surface area contributed by atoms with E-state index in [1.54, 1.807) is 12.1 Å². The lowest BCUT2D eigenvalue weighted by molar-refractivity contribution is -0.124. The standard InChI is InChI=1S/C9H9N3OS/c10-9(6-4-2-1-3-5-6)7(13)11-8(14)12-9/h1-5H,10H2,(H2,11,12,13,14). The Bertz CT molecular complexity index is 392. The van der Waals surface area contributed by atoms with E-state index in [0.717, 1.165) is 0 Å². The first-order valence-electron chi connectivity index (χ1n) is 4.11. The molecule has 0 spiro atoms. The SMILES string of the molecule is NC1(c2ccccc2)NC(=S)NC1=O. The van der Waals surface area contributed by atoms with Crippen molar-refractivity contribution in [3.05, 3.63) is 35.9 Å². The molecule has 1 unspecified atom stereocenters. The smallest absolute Gasteiger partial charge is 0.271 e. The van der Waals surface area contributed by atoms with Gasteiger partial charge in [0.2, 0.25) is 0 Å². The van der Waals surface area contributed by atoms with Crippen LogP contribution in [-0.2, 0) is 10.5 Å². The number of carbonyl (C=O) groups is 1. The maximum Gasteiger partial charge on any atom is 0.271 e. The minimum absolute atomic E-state index is 0.265. The Morgan fingerprint density at radius 3 is 2.43 bits per heavy atom. The molecule has 1 aliphatic heterocycles. The van der Waals surface area contributed by atoms with E-state index in [9.17, 15) is 4.79 Å². The highest BCUT2D eigenvalue weighted by Gasteiger charge is 2.42. The third-order valence-corrected chi connectivity index (χ3v) is 2.33. The van der Waals surface area contributed by atoms with E-state index in [-0.39, 0.29) is 11.0 Å². The zero-order chi connectivity index (χ0) is 10.2. The molecule has 1 aliphatic rings. The first-order chi connectivity index (χ1) is 6.63. The van der Waals surface area contributed by atoms with Gasteiger partial charge in [-0.1, -0.05) is 30.3 Å². The van der Waals surface area contributed by atoms with Gasteiger partial charge in [0.15, 0.2) is 10.8 Å². The summed E-state index contributed by atoms with van der Waals surface area (Å²) in [5, 5.41) is 5.47. The normalized spacial score (nSPS) is 25.8. The largest absolute Gasteiger partial charge is 0.333 e. The van der Waals surface area contributed by atoms with Crippen LogP contribution < -0.4 is 16.4 Å². The third-order valence-electron chi connectivity index (χ3n) is 2.13. The maximum atomic E-state index is 11.5. The fraction of sp³-hybridized carbons (Fsp3) is 0.111. The average Bonchev–Trinajstić information content (AvgIpc) is 2.43. The zero-order valence-electron chi connectivity index (χ0n) is 7.28. The summed E-state index contributed by atoms with van der Waals surface area (Å²) in [7, 11) is 0. The summed E-state index contributed by atoms with van der Waals surface area (Å²) in [5.41, 5.74) is 5.37. The van der Waals surface area contributed by atoms with E-state index in [1.165, 1.54) is 0 Å². The quantitative estimate of drug-likeness (QED) is 0.558. The molecule has 0 aliphatic carbocycles. The molecule has 4 nitrogen and oxygen atoms in total. The Balaban J connectivity index is 2.43. The minimum Gasteiger partial charge on any atom is -0.333 e. The van der Waals surface area contributed by atoms with Crippen molar-refractivity contribution in [1.29, 1.82) is 0 Å². The number of rotatable bonds is 1. The van der Waals surface area contributed by atoms with E-state index in [1.807, 2.05) is 18.2 Å². The van der Waals surface area contributed by atoms with Crippen LogP contribution in [0.1, 0.15) is 5.56 Å². The van der Waals surface area contributed by atoms with Crippen molar-refractivity contribution >= 4 is 23.2 Å². The number of benzene rings is 1. The molecule has 4 N–H and O–H groups in total. The van der Waals surface area contributed by atoms with Gasteiger partial charge in [-0.05, 0) is 12.2 Å². The fourth-order valence-corrected chi connectivity index (χ4v) is 1.63. The van der Waals surface area contributed by atoms with Gasteiger partial charge in [-0.15, -0.1) is 0 Å². The van der Waals surface area contributed by atoms with Crippen molar-refractivity contribution in [3.63, 3.8) is 0 Å². The van der Waals surface area contributed by atoms with Crippen molar-refractivity contribution in [2.75, 3.05) is 0 Å². The Morgan fingerprint density at radius 1 is 1.29 bits per heavy atom. The summed E-state index contributed by atoms with van der Waals surface area (Å²) < 4.78 is 0. The van der Waals surface area contributed by atoms with E-state index in [4.69, 9.17) is 18.0 Å². The number of hydrogen-bond donors (Lipinski definition) is 3. The van der Waals surface area contributed by atoms with Crippen LogP contribution in [0.25, 0.3) is 0 Å². The second-order valence-corrected chi connectivity index (χ2v) is 3.49. The minimum atomic E-state index is -1.22. The predicted molar refractivity (Wildman–Crippen MR) is 56.2 cm³/mol. The number of hydrogen-bond acceptors (Lipinski definition) is 3. The fourth-order valence-electron chi connectivity index (χ4n) is 1.37. The lowest BCUT2D eigenvalue weighted by atomic mass is 10.0. The number of nitrogens with two attached hydrogens (primary N) is 1. The van der Waals surface area contributed by atoms with Crippen LogP contribution in [0.2, 0.25) is 0 Å². The van der Waals surface area contributed by atoms with Gasteiger partial charge in [-0.3, -0.25) is 15.8 Å². The van der Waals surface area contributed by atoms with Gasteiger partial charge in [0.05, 0.1) is 0 Å². The number of carbonyl (C=O) groups excluding carboxylic acids is 1. The summed E-state index contributed by atoms with van der Waals surface area (Å²) in [6, 6.07) is 9.06. The van der Waals surface area contributed by atoms with Crippen molar-refractivity contribution < 1.29 is 4.79 Å². The summed E-state index contributed by atoms with van der Waals surface area (Å²) in [5.74, 6) is -0.325. The molecule has 1 fully saturated rings. The number of thiocarbonyl (C=S) groups is 1. The van der Waals surface area contributed by atoms with Crippen LogP contribution >= 0.6 is 12.2 Å². The van der Waals surface area contributed by atoms with E-state index in [2.05, 4.69) is 10.6 Å². The molecule has 1 heterocycles. The highest BCUT2D eigenvalue weighted by Crippen LogP contribution is 2.18. The highest BCUT2D eigenvalue weighted by molar-refractivity contribution is 7.80. The molecule has 0 saturated carbocycles. The van der Waals surface area contributed by atoms with Gasteiger partial charge >= 0.3 is 0 Å². The van der Waals surface area contributed by atoms with Gasteiger partial charge in [-0.25, -0.2) is 0 Å². The Morgan fingerprint density at radius 2 is 1.93 bits per heavy atom. The van der Waals surface area contributed by atoms with Crippen LogP contribution in [0, 0.1) is 0 Å². The van der Waals surface area contributed by atoms with Crippen molar-refractivity contribution in [1.82, 2.24) is 10.6 Å². The van der Waals surface area contributed by atoms with Gasteiger partial charge in [0.1, 0.15) is 0 Å². The van der Waals surface area contributed by atoms with Crippen LogP contribution in [0.15, 0.2) is 30.3 Å². The number of amides is 1. The maximum absolute atomic E-state index is 11.5. The molecule has 5 heteroatoms.